The number of furan rings is 1. The number of likely N-dealkylation sites (tertiary alicyclic amines) is 1. The minimum atomic E-state index is -0.101. The molecule has 0 aliphatic carbocycles. The lowest BCUT2D eigenvalue weighted by atomic mass is 10.1. The van der Waals surface area contributed by atoms with Gasteiger partial charge in [0.15, 0.2) is 5.76 Å². The number of aromatic nitrogens is 1. The van der Waals surface area contributed by atoms with Crippen LogP contribution in [-0.2, 0) is 6.54 Å². The molecule has 2 aromatic heterocycles. The van der Waals surface area contributed by atoms with E-state index in [-0.39, 0.29) is 12.1 Å². The number of nitrogens with one attached hydrogen (secondary N) is 1. The van der Waals surface area contributed by atoms with Crippen LogP contribution in [0.15, 0.2) is 39.3 Å². The van der Waals surface area contributed by atoms with Gasteiger partial charge in [-0.25, -0.2) is 4.79 Å². The second-order valence-corrected chi connectivity index (χ2v) is 6.53. The number of fused-ring (bicyclic) bond motifs is 1. The summed E-state index contributed by atoms with van der Waals surface area (Å²) >= 11 is 0. The maximum Gasteiger partial charge on any atom is 0.318 e. The average molecular weight is 339 g/mol. The summed E-state index contributed by atoms with van der Waals surface area (Å²) in [4.78, 5) is 14.5. The van der Waals surface area contributed by atoms with Crippen molar-refractivity contribution in [3.63, 3.8) is 0 Å². The zero-order valence-electron chi connectivity index (χ0n) is 14.4. The number of hydrogen-bond acceptors (Lipinski definition) is 4. The van der Waals surface area contributed by atoms with E-state index in [1.54, 1.807) is 0 Å². The van der Waals surface area contributed by atoms with Gasteiger partial charge in [0.25, 0.3) is 0 Å². The van der Waals surface area contributed by atoms with E-state index in [9.17, 15) is 4.79 Å². The van der Waals surface area contributed by atoms with Crippen LogP contribution in [-0.4, -0.2) is 22.6 Å². The van der Waals surface area contributed by atoms with Crippen molar-refractivity contribution < 1.29 is 13.7 Å². The van der Waals surface area contributed by atoms with Gasteiger partial charge in [0.1, 0.15) is 11.3 Å². The maximum atomic E-state index is 12.6. The number of carbonyl (C=O) groups is 1. The van der Waals surface area contributed by atoms with Gasteiger partial charge >= 0.3 is 6.03 Å². The molecule has 25 heavy (non-hydrogen) atoms. The van der Waals surface area contributed by atoms with Crippen LogP contribution in [0.5, 0.6) is 0 Å². The SMILES string of the molecule is Cc1cc(C2CCCN2C(=O)NCc2oc3ccccc3c2C)on1. The van der Waals surface area contributed by atoms with Crippen molar-refractivity contribution in [2.75, 3.05) is 6.54 Å². The molecule has 6 heteroatoms. The Kier molecular flexibility index (Phi) is 3.95. The summed E-state index contributed by atoms with van der Waals surface area (Å²) in [6, 6.07) is 9.66. The topological polar surface area (TPSA) is 71.5 Å². The Morgan fingerprint density at radius 1 is 1.36 bits per heavy atom. The van der Waals surface area contributed by atoms with Crippen LogP contribution in [0, 0.1) is 13.8 Å². The summed E-state index contributed by atoms with van der Waals surface area (Å²) in [5.41, 5.74) is 2.75. The van der Waals surface area contributed by atoms with Crippen molar-refractivity contribution >= 4 is 17.0 Å². The number of amides is 2. The molecule has 1 aliphatic rings. The smallest absolute Gasteiger partial charge is 0.318 e. The lowest BCUT2D eigenvalue weighted by Gasteiger charge is -2.22. The van der Waals surface area contributed by atoms with Gasteiger partial charge in [0.2, 0.25) is 0 Å². The van der Waals surface area contributed by atoms with E-state index >= 15 is 0 Å². The lowest BCUT2D eigenvalue weighted by Crippen LogP contribution is -2.39. The van der Waals surface area contributed by atoms with Crippen LogP contribution in [0.2, 0.25) is 0 Å². The summed E-state index contributed by atoms with van der Waals surface area (Å²) in [5.74, 6) is 1.55. The van der Waals surface area contributed by atoms with E-state index in [2.05, 4.69) is 10.5 Å². The van der Waals surface area contributed by atoms with Crippen molar-refractivity contribution in [2.45, 2.75) is 39.3 Å². The predicted molar refractivity (Wildman–Crippen MR) is 93.1 cm³/mol. The molecule has 0 saturated carbocycles. The first-order chi connectivity index (χ1) is 12.1. The summed E-state index contributed by atoms with van der Waals surface area (Å²) in [6.07, 6.45) is 1.85. The van der Waals surface area contributed by atoms with Crippen LogP contribution in [0.3, 0.4) is 0 Å². The molecular formula is C19H21N3O3. The highest BCUT2D eigenvalue weighted by Gasteiger charge is 2.32. The molecule has 1 saturated heterocycles. The van der Waals surface area contributed by atoms with Crippen LogP contribution >= 0.6 is 0 Å². The molecule has 3 aromatic rings. The molecule has 1 aromatic carbocycles. The Morgan fingerprint density at radius 2 is 2.20 bits per heavy atom. The van der Waals surface area contributed by atoms with E-state index in [4.69, 9.17) is 8.94 Å². The Morgan fingerprint density at radius 3 is 2.96 bits per heavy atom. The molecule has 1 atom stereocenters. The molecule has 6 nitrogen and oxygen atoms in total. The number of nitrogens with zero attached hydrogens (tertiary/aromatic N) is 2. The molecule has 1 fully saturated rings. The molecule has 0 spiro atoms. The Balaban J connectivity index is 1.47. The quantitative estimate of drug-likeness (QED) is 0.780. The summed E-state index contributed by atoms with van der Waals surface area (Å²) < 4.78 is 11.2. The van der Waals surface area contributed by atoms with E-state index in [1.165, 1.54) is 0 Å². The van der Waals surface area contributed by atoms with Gasteiger partial charge in [0, 0.05) is 23.6 Å². The third-order valence-corrected chi connectivity index (χ3v) is 4.83. The summed E-state index contributed by atoms with van der Waals surface area (Å²) in [6.45, 7) is 4.99. The normalized spacial score (nSPS) is 17.4. The minimum Gasteiger partial charge on any atom is -0.459 e. The average Bonchev–Trinajstić information content (AvgIpc) is 3.32. The molecule has 0 radical (unpaired) electrons. The number of benzene rings is 1. The number of urea groups is 1. The number of carbonyl (C=O) groups excluding carboxylic acids is 1. The van der Waals surface area contributed by atoms with Gasteiger partial charge < -0.3 is 19.2 Å². The summed E-state index contributed by atoms with van der Waals surface area (Å²) in [5, 5.41) is 8.00. The van der Waals surface area contributed by atoms with Crippen molar-refractivity contribution in [3.8, 4) is 0 Å². The first kappa shape index (κ1) is 15.7. The van der Waals surface area contributed by atoms with Gasteiger partial charge in [-0.15, -0.1) is 0 Å². The van der Waals surface area contributed by atoms with Crippen LogP contribution < -0.4 is 5.32 Å². The van der Waals surface area contributed by atoms with Crippen molar-refractivity contribution in [1.82, 2.24) is 15.4 Å². The van der Waals surface area contributed by atoms with Gasteiger partial charge in [-0.3, -0.25) is 0 Å². The molecule has 2 amide bonds. The highest BCUT2D eigenvalue weighted by Crippen LogP contribution is 2.32. The number of para-hydroxylation sites is 1. The zero-order chi connectivity index (χ0) is 17.4. The monoisotopic (exact) mass is 339 g/mol. The Labute approximate surface area is 145 Å². The molecule has 1 N–H and O–H groups in total. The molecule has 1 unspecified atom stereocenters. The second-order valence-electron chi connectivity index (χ2n) is 6.53. The fourth-order valence-corrected chi connectivity index (χ4v) is 3.50. The highest BCUT2D eigenvalue weighted by atomic mass is 16.5. The zero-order valence-corrected chi connectivity index (χ0v) is 14.4. The Hall–Kier alpha value is -2.76. The van der Waals surface area contributed by atoms with Crippen molar-refractivity contribution in [1.29, 1.82) is 0 Å². The molecule has 0 bridgehead atoms. The fraction of sp³-hybridized carbons (Fsp3) is 0.368. The highest BCUT2D eigenvalue weighted by molar-refractivity contribution is 5.82. The molecular weight excluding hydrogens is 318 g/mol. The number of rotatable bonds is 3. The predicted octanol–water partition coefficient (Wildman–Crippen LogP) is 4.08. The van der Waals surface area contributed by atoms with Gasteiger partial charge in [0.05, 0.1) is 18.3 Å². The standard InChI is InChI=1S/C19H21N3O3/c1-12-10-17(25-21-12)15-7-5-9-22(15)19(23)20-11-18-13(2)14-6-3-4-8-16(14)24-18/h3-4,6,8,10,15H,5,7,9,11H2,1-2H3,(H,20,23). The summed E-state index contributed by atoms with van der Waals surface area (Å²) in [7, 11) is 0. The van der Waals surface area contributed by atoms with Crippen LogP contribution in [0.1, 0.15) is 41.7 Å². The molecule has 4 rings (SSSR count). The van der Waals surface area contributed by atoms with Crippen LogP contribution in [0.4, 0.5) is 4.79 Å². The molecule has 3 heterocycles. The van der Waals surface area contributed by atoms with Gasteiger partial charge in [-0.05, 0) is 32.8 Å². The first-order valence-corrected chi connectivity index (χ1v) is 8.58. The third kappa shape index (κ3) is 2.88. The third-order valence-electron chi connectivity index (χ3n) is 4.83. The molecule has 130 valence electrons. The maximum absolute atomic E-state index is 12.6. The first-order valence-electron chi connectivity index (χ1n) is 8.58. The van der Waals surface area contributed by atoms with Crippen molar-refractivity contribution in [2.24, 2.45) is 0 Å². The van der Waals surface area contributed by atoms with E-state index in [0.29, 0.717) is 6.54 Å². The van der Waals surface area contributed by atoms with Crippen LogP contribution in [0.25, 0.3) is 11.0 Å². The van der Waals surface area contributed by atoms with Gasteiger partial charge in [-0.1, -0.05) is 23.4 Å². The number of hydrogen-bond donors (Lipinski definition) is 1. The minimum absolute atomic E-state index is 0.0435. The number of aryl methyl sites for hydroxylation is 2. The van der Waals surface area contributed by atoms with E-state index < -0.39 is 0 Å². The fourth-order valence-electron chi connectivity index (χ4n) is 3.50. The lowest BCUT2D eigenvalue weighted by molar-refractivity contribution is 0.181. The van der Waals surface area contributed by atoms with E-state index in [0.717, 1.165) is 53.1 Å². The van der Waals surface area contributed by atoms with Gasteiger partial charge in [-0.2, -0.15) is 0 Å². The van der Waals surface area contributed by atoms with E-state index in [1.807, 2.05) is 49.1 Å². The van der Waals surface area contributed by atoms with Crippen molar-refractivity contribution in [3.05, 3.63) is 53.1 Å². The largest absolute Gasteiger partial charge is 0.459 e. The Bertz CT molecular complexity index is 912. The second kappa shape index (κ2) is 6.27. The molecule has 1 aliphatic heterocycles.